The molecule has 26 heavy (non-hydrogen) atoms. The van der Waals surface area contributed by atoms with E-state index in [9.17, 15) is 9.59 Å². The van der Waals surface area contributed by atoms with Crippen molar-refractivity contribution >= 4 is 28.4 Å². The van der Waals surface area contributed by atoms with Gasteiger partial charge in [0.1, 0.15) is 0 Å². The van der Waals surface area contributed by atoms with Gasteiger partial charge in [0.25, 0.3) is 5.56 Å². The molecule has 134 valence electrons. The number of carbonyl (C=O) groups is 1. The molecule has 0 aliphatic rings. The number of hydrogen-bond donors (Lipinski definition) is 1. The molecule has 0 aliphatic heterocycles. The topological polar surface area (TPSA) is 64.0 Å². The van der Waals surface area contributed by atoms with E-state index in [-0.39, 0.29) is 17.9 Å². The number of carbonyl (C=O) groups excluding carboxylic acids is 1. The molecule has 5 nitrogen and oxygen atoms in total. The number of fused-ring (bicyclic) bond motifs is 1. The first-order valence-electron chi connectivity index (χ1n) is 8.48. The van der Waals surface area contributed by atoms with Gasteiger partial charge in [-0.15, -0.1) is 0 Å². The molecule has 0 saturated heterocycles. The number of hydrogen-bond acceptors (Lipinski definition) is 4. The van der Waals surface area contributed by atoms with E-state index in [0.29, 0.717) is 17.6 Å². The number of benzene rings is 2. The van der Waals surface area contributed by atoms with E-state index in [0.717, 1.165) is 16.9 Å². The summed E-state index contributed by atoms with van der Waals surface area (Å²) in [5.74, 6) is 1.70. The Balaban J connectivity index is 1.53. The minimum absolute atomic E-state index is 0.0818. The molecule has 0 aliphatic carbocycles. The van der Waals surface area contributed by atoms with Gasteiger partial charge in [0.15, 0.2) is 0 Å². The summed E-state index contributed by atoms with van der Waals surface area (Å²) < 4.78 is 1.29. The number of aryl methyl sites for hydroxylation is 1. The number of nitrogens with zero attached hydrogens (tertiary/aromatic N) is 2. The molecule has 0 spiro atoms. The van der Waals surface area contributed by atoms with Crippen molar-refractivity contribution in [2.24, 2.45) is 7.05 Å². The largest absolute Gasteiger partial charge is 0.355 e. The molecule has 1 amide bonds. The van der Waals surface area contributed by atoms with Gasteiger partial charge in [0, 0.05) is 30.5 Å². The SMILES string of the molecule is Cn1nc(CC(=O)NCCSCc2ccccc2)c2ccccc2c1=O. The van der Waals surface area contributed by atoms with Crippen LogP contribution < -0.4 is 10.9 Å². The molecule has 0 unspecified atom stereocenters. The van der Waals surface area contributed by atoms with Gasteiger partial charge >= 0.3 is 0 Å². The normalized spacial score (nSPS) is 10.8. The van der Waals surface area contributed by atoms with Crippen LogP contribution in [0, 0.1) is 0 Å². The highest BCUT2D eigenvalue weighted by atomic mass is 32.2. The van der Waals surface area contributed by atoms with Crippen molar-refractivity contribution in [1.29, 1.82) is 0 Å². The summed E-state index contributed by atoms with van der Waals surface area (Å²) in [7, 11) is 1.61. The second-order valence-electron chi connectivity index (χ2n) is 5.99. The summed E-state index contributed by atoms with van der Waals surface area (Å²) >= 11 is 1.79. The van der Waals surface area contributed by atoms with Crippen molar-refractivity contribution in [3.63, 3.8) is 0 Å². The lowest BCUT2D eigenvalue weighted by atomic mass is 10.1. The Morgan fingerprint density at radius 2 is 1.77 bits per heavy atom. The van der Waals surface area contributed by atoms with Crippen LogP contribution in [0.3, 0.4) is 0 Å². The standard InChI is InChI=1S/C20H21N3O2S/c1-23-20(25)17-10-6-5-9-16(17)18(22-23)13-19(24)21-11-12-26-14-15-7-3-2-4-8-15/h2-10H,11-14H2,1H3,(H,21,24). The van der Waals surface area contributed by atoms with Crippen molar-refractivity contribution in [1.82, 2.24) is 15.1 Å². The monoisotopic (exact) mass is 367 g/mol. The molecule has 3 rings (SSSR count). The van der Waals surface area contributed by atoms with Gasteiger partial charge in [-0.2, -0.15) is 16.9 Å². The molecule has 1 heterocycles. The second kappa shape index (κ2) is 8.67. The van der Waals surface area contributed by atoms with Crippen molar-refractivity contribution in [2.45, 2.75) is 12.2 Å². The van der Waals surface area contributed by atoms with Crippen molar-refractivity contribution in [2.75, 3.05) is 12.3 Å². The third kappa shape index (κ3) is 4.52. The third-order valence-electron chi connectivity index (χ3n) is 4.04. The fraction of sp³-hybridized carbons (Fsp3) is 0.250. The van der Waals surface area contributed by atoms with Gasteiger partial charge in [-0.25, -0.2) is 4.68 Å². The molecule has 1 N–H and O–H groups in total. The highest BCUT2D eigenvalue weighted by Gasteiger charge is 2.11. The van der Waals surface area contributed by atoms with Crippen molar-refractivity contribution in [3.05, 3.63) is 76.2 Å². The number of thioether (sulfide) groups is 1. The molecule has 2 aromatic carbocycles. The highest BCUT2D eigenvalue weighted by molar-refractivity contribution is 7.98. The van der Waals surface area contributed by atoms with Gasteiger partial charge < -0.3 is 5.32 Å². The van der Waals surface area contributed by atoms with Crippen LogP contribution in [0.2, 0.25) is 0 Å². The molecule has 0 saturated carbocycles. The average Bonchev–Trinajstić information content (AvgIpc) is 2.66. The fourth-order valence-electron chi connectivity index (χ4n) is 2.75. The first kappa shape index (κ1) is 18.2. The summed E-state index contributed by atoms with van der Waals surface area (Å²) in [5, 5.41) is 8.52. The van der Waals surface area contributed by atoms with Crippen molar-refractivity contribution < 1.29 is 4.79 Å². The minimum Gasteiger partial charge on any atom is -0.355 e. The van der Waals surface area contributed by atoms with E-state index in [1.54, 1.807) is 24.9 Å². The lowest BCUT2D eigenvalue weighted by Crippen LogP contribution is -2.29. The summed E-state index contributed by atoms with van der Waals surface area (Å²) in [6, 6.07) is 17.5. The van der Waals surface area contributed by atoms with Crippen LogP contribution in [0.1, 0.15) is 11.3 Å². The molecule has 0 fully saturated rings. The van der Waals surface area contributed by atoms with Crippen LogP contribution >= 0.6 is 11.8 Å². The predicted octanol–water partition coefficient (Wildman–Crippen LogP) is 2.53. The number of nitrogens with one attached hydrogen (secondary N) is 1. The van der Waals surface area contributed by atoms with Crippen LogP contribution in [-0.4, -0.2) is 28.0 Å². The van der Waals surface area contributed by atoms with Gasteiger partial charge in [-0.3, -0.25) is 9.59 Å². The molecular weight excluding hydrogens is 346 g/mol. The lowest BCUT2D eigenvalue weighted by Gasteiger charge is -2.09. The Labute approximate surface area is 156 Å². The first-order chi connectivity index (χ1) is 12.6. The molecule has 0 radical (unpaired) electrons. The molecule has 0 atom stereocenters. The van der Waals surface area contributed by atoms with Crippen molar-refractivity contribution in [3.8, 4) is 0 Å². The zero-order chi connectivity index (χ0) is 18.4. The van der Waals surface area contributed by atoms with E-state index in [1.807, 2.05) is 36.4 Å². The van der Waals surface area contributed by atoms with Crippen LogP contribution in [0.15, 0.2) is 59.4 Å². The Kier molecular flexibility index (Phi) is 6.07. The Morgan fingerprint density at radius 3 is 2.54 bits per heavy atom. The minimum atomic E-state index is -0.151. The molecular formula is C20H21N3O2S. The fourth-order valence-corrected chi connectivity index (χ4v) is 3.57. The Bertz CT molecular complexity index is 954. The smallest absolute Gasteiger partial charge is 0.274 e. The van der Waals surface area contributed by atoms with Gasteiger partial charge in [0.05, 0.1) is 17.5 Å². The average molecular weight is 367 g/mol. The van der Waals surface area contributed by atoms with Gasteiger partial charge in [-0.05, 0) is 11.6 Å². The second-order valence-corrected chi connectivity index (χ2v) is 7.09. The van der Waals surface area contributed by atoms with E-state index in [2.05, 4.69) is 22.5 Å². The molecule has 0 bridgehead atoms. The van der Waals surface area contributed by atoms with Gasteiger partial charge in [-0.1, -0.05) is 48.5 Å². The summed E-state index contributed by atoms with van der Waals surface area (Å²) in [5.41, 5.74) is 1.75. The first-order valence-corrected chi connectivity index (χ1v) is 9.64. The molecule has 3 aromatic rings. The maximum absolute atomic E-state index is 12.2. The van der Waals surface area contributed by atoms with E-state index in [4.69, 9.17) is 0 Å². The lowest BCUT2D eigenvalue weighted by molar-refractivity contribution is -0.120. The summed E-state index contributed by atoms with van der Waals surface area (Å²) in [6.07, 6.45) is 0.165. The summed E-state index contributed by atoms with van der Waals surface area (Å²) in [4.78, 5) is 24.4. The maximum atomic E-state index is 12.2. The summed E-state index contributed by atoms with van der Waals surface area (Å²) in [6.45, 7) is 0.611. The zero-order valence-corrected chi connectivity index (χ0v) is 15.5. The third-order valence-corrected chi connectivity index (χ3v) is 5.07. The molecule has 1 aromatic heterocycles. The maximum Gasteiger partial charge on any atom is 0.274 e. The number of amides is 1. The van der Waals surface area contributed by atoms with Crippen LogP contribution in [0.5, 0.6) is 0 Å². The van der Waals surface area contributed by atoms with E-state index in [1.165, 1.54) is 10.2 Å². The van der Waals surface area contributed by atoms with Crippen LogP contribution in [0.4, 0.5) is 0 Å². The predicted molar refractivity (Wildman–Crippen MR) is 106 cm³/mol. The Hall–Kier alpha value is -2.60. The van der Waals surface area contributed by atoms with Crippen LogP contribution in [0.25, 0.3) is 10.8 Å². The highest BCUT2D eigenvalue weighted by Crippen LogP contribution is 2.14. The Morgan fingerprint density at radius 1 is 1.08 bits per heavy atom. The number of aromatic nitrogens is 2. The van der Waals surface area contributed by atoms with Crippen LogP contribution in [-0.2, 0) is 24.0 Å². The molecule has 6 heteroatoms. The quantitative estimate of drug-likeness (QED) is 0.652. The van der Waals surface area contributed by atoms with E-state index < -0.39 is 0 Å². The van der Waals surface area contributed by atoms with Gasteiger partial charge in [0.2, 0.25) is 5.91 Å². The van der Waals surface area contributed by atoms with E-state index >= 15 is 0 Å². The number of rotatable bonds is 7. The zero-order valence-electron chi connectivity index (χ0n) is 14.6.